The molecule has 0 unspecified atom stereocenters. The fourth-order valence-electron chi connectivity index (χ4n) is 4.75. The van der Waals surface area contributed by atoms with E-state index in [-0.39, 0.29) is 23.1 Å². The van der Waals surface area contributed by atoms with Crippen LogP contribution in [0.15, 0.2) is 30.3 Å². The second-order valence-electron chi connectivity index (χ2n) is 8.64. The van der Waals surface area contributed by atoms with E-state index in [1.807, 2.05) is 18.2 Å². The highest BCUT2D eigenvalue weighted by Crippen LogP contribution is 2.45. The van der Waals surface area contributed by atoms with Crippen LogP contribution in [0.3, 0.4) is 0 Å². The van der Waals surface area contributed by atoms with Crippen molar-refractivity contribution in [3.63, 3.8) is 0 Å². The number of benzene rings is 1. The van der Waals surface area contributed by atoms with Crippen molar-refractivity contribution in [1.82, 2.24) is 15.1 Å². The van der Waals surface area contributed by atoms with E-state index in [2.05, 4.69) is 34.2 Å². The SMILES string of the molecule is CCN1CC2(CCN(CC(=O)NC3CC3)CC2)C[C@H](c2ccccc2)C1=O. The summed E-state index contributed by atoms with van der Waals surface area (Å²) in [7, 11) is 0. The van der Waals surface area contributed by atoms with Crippen LogP contribution >= 0.6 is 0 Å². The number of likely N-dealkylation sites (N-methyl/N-ethyl adjacent to an activating group) is 1. The second-order valence-corrected chi connectivity index (χ2v) is 8.64. The quantitative estimate of drug-likeness (QED) is 0.867. The standard InChI is InChI=1S/C22H31N3O2/c1-2-25-16-22(14-19(21(25)27)17-6-4-3-5-7-17)10-12-24(13-11-22)15-20(26)23-18-8-9-18/h3-7,18-19H,2,8-16H2,1H3,(H,23,26)/t19-/m1/s1. The monoisotopic (exact) mass is 369 g/mol. The van der Waals surface area contributed by atoms with Gasteiger partial charge in [0.05, 0.1) is 12.5 Å². The molecule has 2 aliphatic heterocycles. The van der Waals surface area contributed by atoms with Gasteiger partial charge in [-0.05, 0) is 63.1 Å². The molecule has 27 heavy (non-hydrogen) atoms. The van der Waals surface area contributed by atoms with Crippen molar-refractivity contribution in [3.05, 3.63) is 35.9 Å². The number of piperidine rings is 2. The summed E-state index contributed by atoms with van der Waals surface area (Å²) in [6.07, 6.45) is 5.34. The van der Waals surface area contributed by atoms with Gasteiger partial charge < -0.3 is 10.2 Å². The summed E-state index contributed by atoms with van der Waals surface area (Å²) in [5.41, 5.74) is 1.33. The molecule has 1 spiro atoms. The molecule has 2 amide bonds. The van der Waals surface area contributed by atoms with Gasteiger partial charge in [0.25, 0.3) is 0 Å². The van der Waals surface area contributed by atoms with Crippen molar-refractivity contribution in [3.8, 4) is 0 Å². The predicted octanol–water partition coefficient (Wildman–Crippen LogP) is 2.38. The molecule has 1 N–H and O–H groups in total. The van der Waals surface area contributed by atoms with Crippen LogP contribution in [-0.4, -0.2) is 60.4 Å². The van der Waals surface area contributed by atoms with Crippen molar-refractivity contribution >= 4 is 11.8 Å². The minimum atomic E-state index is -0.0235. The molecular formula is C22H31N3O2. The third-order valence-corrected chi connectivity index (χ3v) is 6.58. The Morgan fingerprint density at radius 1 is 1.19 bits per heavy atom. The molecule has 2 saturated heterocycles. The van der Waals surface area contributed by atoms with Gasteiger partial charge in [0.1, 0.15) is 0 Å². The predicted molar refractivity (Wildman–Crippen MR) is 105 cm³/mol. The Balaban J connectivity index is 1.41. The van der Waals surface area contributed by atoms with Crippen LogP contribution in [0.25, 0.3) is 0 Å². The summed E-state index contributed by atoms with van der Waals surface area (Å²) in [5, 5.41) is 3.09. The smallest absolute Gasteiger partial charge is 0.234 e. The van der Waals surface area contributed by atoms with Crippen molar-refractivity contribution in [2.45, 2.75) is 51.0 Å². The maximum atomic E-state index is 13.0. The van der Waals surface area contributed by atoms with E-state index in [1.165, 1.54) is 0 Å². The number of nitrogens with one attached hydrogen (secondary N) is 1. The van der Waals surface area contributed by atoms with E-state index < -0.39 is 0 Å². The lowest BCUT2D eigenvalue weighted by atomic mass is 9.67. The highest BCUT2D eigenvalue weighted by Gasteiger charge is 2.45. The number of hydrogen-bond acceptors (Lipinski definition) is 3. The van der Waals surface area contributed by atoms with Gasteiger partial charge in [0.2, 0.25) is 11.8 Å². The van der Waals surface area contributed by atoms with Gasteiger partial charge in [0.15, 0.2) is 0 Å². The van der Waals surface area contributed by atoms with Crippen molar-refractivity contribution in [2.24, 2.45) is 5.41 Å². The Bertz CT molecular complexity index is 678. The van der Waals surface area contributed by atoms with E-state index in [9.17, 15) is 9.59 Å². The van der Waals surface area contributed by atoms with Crippen LogP contribution < -0.4 is 5.32 Å². The summed E-state index contributed by atoms with van der Waals surface area (Å²) >= 11 is 0. The van der Waals surface area contributed by atoms with Crippen LogP contribution in [0.5, 0.6) is 0 Å². The van der Waals surface area contributed by atoms with Gasteiger partial charge in [-0.3, -0.25) is 14.5 Å². The first-order chi connectivity index (χ1) is 13.1. The number of likely N-dealkylation sites (tertiary alicyclic amines) is 2. The van der Waals surface area contributed by atoms with Crippen molar-refractivity contribution in [2.75, 3.05) is 32.7 Å². The minimum absolute atomic E-state index is 0.0235. The molecule has 4 rings (SSSR count). The lowest BCUT2D eigenvalue weighted by Crippen LogP contribution is -2.54. The van der Waals surface area contributed by atoms with Crippen LogP contribution in [0.2, 0.25) is 0 Å². The molecule has 3 aliphatic rings. The number of carbonyl (C=O) groups excluding carboxylic acids is 2. The van der Waals surface area contributed by atoms with Gasteiger partial charge in [-0.2, -0.15) is 0 Å². The van der Waals surface area contributed by atoms with Gasteiger partial charge in [-0.25, -0.2) is 0 Å². The van der Waals surface area contributed by atoms with Crippen molar-refractivity contribution < 1.29 is 9.59 Å². The Morgan fingerprint density at radius 2 is 1.89 bits per heavy atom. The molecule has 0 bridgehead atoms. The first kappa shape index (κ1) is 18.5. The van der Waals surface area contributed by atoms with Crippen LogP contribution in [0.4, 0.5) is 0 Å². The minimum Gasteiger partial charge on any atom is -0.352 e. The molecule has 1 aromatic carbocycles. The summed E-state index contributed by atoms with van der Waals surface area (Å²) in [6.45, 7) is 6.14. The van der Waals surface area contributed by atoms with E-state index in [1.54, 1.807) is 0 Å². The van der Waals surface area contributed by atoms with Gasteiger partial charge in [-0.15, -0.1) is 0 Å². The fourth-order valence-corrected chi connectivity index (χ4v) is 4.75. The molecule has 5 nitrogen and oxygen atoms in total. The summed E-state index contributed by atoms with van der Waals surface area (Å²) in [6, 6.07) is 10.7. The zero-order valence-electron chi connectivity index (χ0n) is 16.3. The number of rotatable bonds is 5. The molecule has 1 aliphatic carbocycles. The van der Waals surface area contributed by atoms with E-state index in [4.69, 9.17) is 0 Å². The maximum absolute atomic E-state index is 13.0. The second kappa shape index (κ2) is 7.63. The topological polar surface area (TPSA) is 52.6 Å². The van der Waals surface area contributed by atoms with Gasteiger partial charge in [-0.1, -0.05) is 30.3 Å². The Morgan fingerprint density at radius 3 is 2.52 bits per heavy atom. The first-order valence-electron chi connectivity index (χ1n) is 10.4. The third-order valence-electron chi connectivity index (χ3n) is 6.58. The summed E-state index contributed by atoms with van der Waals surface area (Å²) < 4.78 is 0. The lowest BCUT2D eigenvalue weighted by molar-refractivity contribution is -0.141. The van der Waals surface area contributed by atoms with Crippen molar-refractivity contribution in [1.29, 1.82) is 0 Å². The molecule has 1 aromatic rings. The molecule has 0 aromatic heterocycles. The molecule has 0 radical (unpaired) electrons. The maximum Gasteiger partial charge on any atom is 0.234 e. The average Bonchev–Trinajstić information content (AvgIpc) is 3.50. The highest BCUT2D eigenvalue weighted by molar-refractivity contribution is 5.84. The largest absolute Gasteiger partial charge is 0.352 e. The fraction of sp³-hybridized carbons (Fsp3) is 0.636. The average molecular weight is 370 g/mol. The van der Waals surface area contributed by atoms with Crippen LogP contribution in [0, 0.1) is 5.41 Å². The number of nitrogens with zero attached hydrogens (tertiary/aromatic N) is 2. The number of carbonyl (C=O) groups is 2. The van der Waals surface area contributed by atoms with Gasteiger partial charge >= 0.3 is 0 Å². The zero-order valence-corrected chi connectivity index (χ0v) is 16.3. The molecule has 5 heteroatoms. The van der Waals surface area contributed by atoms with E-state index in [0.29, 0.717) is 12.6 Å². The molecule has 146 valence electrons. The number of hydrogen-bond donors (Lipinski definition) is 1. The normalized spacial score (nSPS) is 25.6. The highest BCUT2D eigenvalue weighted by atomic mass is 16.2. The molecule has 1 saturated carbocycles. The zero-order chi connectivity index (χ0) is 18.9. The van der Waals surface area contributed by atoms with E-state index in [0.717, 1.165) is 63.8 Å². The van der Waals surface area contributed by atoms with E-state index >= 15 is 0 Å². The molecule has 2 heterocycles. The first-order valence-corrected chi connectivity index (χ1v) is 10.4. The summed E-state index contributed by atoms with van der Waals surface area (Å²) in [5.74, 6) is 0.426. The Kier molecular flexibility index (Phi) is 5.22. The molecule has 1 atom stereocenters. The molecule has 3 fully saturated rings. The Labute approximate surface area is 162 Å². The Hall–Kier alpha value is -1.88. The van der Waals surface area contributed by atoms with Crippen LogP contribution in [-0.2, 0) is 9.59 Å². The van der Waals surface area contributed by atoms with Crippen LogP contribution in [0.1, 0.15) is 50.5 Å². The third kappa shape index (κ3) is 4.18. The number of amides is 2. The lowest BCUT2D eigenvalue weighted by Gasteiger charge is -2.49. The summed E-state index contributed by atoms with van der Waals surface area (Å²) in [4.78, 5) is 29.4. The molecular weight excluding hydrogens is 338 g/mol. The van der Waals surface area contributed by atoms with Gasteiger partial charge in [0, 0.05) is 19.1 Å².